The van der Waals surface area contributed by atoms with Crippen LogP contribution in [0.1, 0.15) is 34.3 Å². The van der Waals surface area contributed by atoms with Gasteiger partial charge in [0.1, 0.15) is 29.3 Å². The van der Waals surface area contributed by atoms with E-state index in [0.717, 1.165) is 12.1 Å². The maximum absolute atomic E-state index is 15.8. The van der Waals surface area contributed by atoms with Gasteiger partial charge in [0, 0.05) is 37.7 Å². The molecule has 0 N–H and O–H groups in total. The SMILES string of the molecule is COc1c(C#N)ccc(C2(F)CCOCC2)c1C(=O)N1CC(Oc2ccc(F)c(F)c2)C1. The van der Waals surface area contributed by atoms with E-state index in [4.69, 9.17) is 14.2 Å². The van der Waals surface area contributed by atoms with Gasteiger partial charge in [-0.15, -0.1) is 0 Å². The van der Waals surface area contributed by atoms with Gasteiger partial charge in [0.15, 0.2) is 11.6 Å². The number of nitrogens with zero attached hydrogens (tertiary/aromatic N) is 2. The number of hydrogen-bond donors (Lipinski definition) is 0. The normalized spacial score (nSPS) is 17.9. The molecule has 2 aromatic rings. The number of amides is 1. The molecule has 0 saturated carbocycles. The number of carbonyl (C=O) groups is 1. The molecule has 0 bridgehead atoms. The fraction of sp³-hybridized carbons (Fsp3) is 0.391. The lowest BCUT2D eigenvalue weighted by molar-refractivity contribution is -0.0129. The molecular formula is C23H21F3N2O4. The van der Waals surface area contributed by atoms with E-state index in [1.54, 1.807) is 0 Å². The quantitative estimate of drug-likeness (QED) is 0.700. The summed E-state index contributed by atoms with van der Waals surface area (Å²) in [5, 5.41) is 9.43. The summed E-state index contributed by atoms with van der Waals surface area (Å²) in [6, 6.07) is 8.10. The Balaban J connectivity index is 1.58. The number of ether oxygens (including phenoxy) is 3. The van der Waals surface area contributed by atoms with Crippen LogP contribution >= 0.6 is 0 Å². The van der Waals surface area contributed by atoms with Crippen LogP contribution in [0.4, 0.5) is 13.2 Å². The van der Waals surface area contributed by atoms with Crippen LogP contribution in [0.15, 0.2) is 30.3 Å². The smallest absolute Gasteiger partial charge is 0.258 e. The van der Waals surface area contributed by atoms with Crippen molar-refractivity contribution in [3.8, 4) is 17.6 Å². The summed E-state index contributed by atoms with van der Waals surface area (Å²) >= 11 is 0. The van der Waals surface area contributed by atoms with E-state index in [-0.39, 0.29) is 67.3 Å². The van der Waals surface area contributed by atoms with Crippen LogP contribution in [0.2, 0.25) is 0 Å². The zero-order valence-corrected chi connectivity index (χ0v) is 17.4. The van der Waals surface area contributed by atoms with E-state index in [1.807, 2.05) is 6.07 Å². The van der Waals surface area contributed by atoms with E-state index >= 15 is 4.39 Å². The molecule has 2 aliphatic heterocycles. The molecule has 32 heavy (non-hydrogen) atoms. The molecule has 0 unspecified atom stereocenters. The number of benzene rings is 2. The monoisotopic (exact) mass is 446 g/mol. The molecule has 2 heterocycles. The minimum absolute atomic E-state index is 0.0160. The summed E-state index contributed by atoms with van der Waals surface area (Å²) in [5.74, 6) is -2.31. The average molecular weight is 446 g/mol. The average Bonchev–Trinajstić information content (AvgIpc) is 2.77. The van der Waals surface area contributed by atoms with Gasteiger partial charge in [-0.2, -0.15) is 5.26 Å². The predicted octanol–water partition coefficient (Wildman–Crippen LogP) is 3.72. The molecule has 6 nitrogen and oxygen atoms in total. The molecule has 0 radical (unpaired) electrons. The van der Waals surface area contributed by atoms with Crippen molar-refractivity contribution in [2.45, 2.75) is 24.6 Å². The lowest BCUT2D eigenvalue weighted by atomic mass is 9.83. The van der Waals surface area contributed by atoms with E-state index in [9.17, 15) is 18.8 Å². The van der Waals surface area contributed by atoms with Gasteiger partial charge in [0.2, 0.25) is 0 Å². The zero-order valence-electron chi connectivity index (χ0n) is 17.4. The molecule has 2 fully saturated rings. The molecule has 0 atom stereocenters. The molecule has 0 aliphatic carbocycles. The number of hydrogen-bond acceptors (Lipinski definition) is 5. The van der Waals surface area contributed by atoms with Gasteiger partial charge < -0.3 is 19.1 Å². The van der Waals surface area contributed by atoms with Crippen molar-refractivity contribution in [3.63, 3.8) is 0 Å². The number of rotatable bonds is 5. The highest BCUT2D eigenvalue weighted by Crippen LogP contribution is 2.42. The first kappa shape index (κ1) is 22.0. The minimum atomic E-state index is -1.78. The maximum Gasteiger partial charge on any atom is 0.258 e. The van der Waals surface area contributed by atoms with Crippen LogP contribution in [0.3, 0.4) is 0 Å². The van der Waals surface area contributed by atoms with Crippen molar-refractivity contribution < 1.29 is 32.2 Å². The molecule has 1 amide bonds. The van der Waals surface area contributed by atoms with Gasteiger partial charge >= 0.3 is 0 Å². The Morgan fingerprint density at radius 2 is 1.91 bits per heavy atom. The second-order valence-corrected chi connectivity index (χ2v) is 7.78. The zero-order chi connectivity index (χ0) is 22.9. The molecule has 168 valence electrons. The summed E-state index contributed by atoms with van der Waals surface area (Å²) in [6.07, 6.45) is -0.256. The van der Waals surface area contributed by atoms with E-state index in [1.165, 1.54) is 30.2 Å². The summed E-state index contributed by atoms with van der Waals surface area (Å²) in [6.45, 7) is 0.778. The molecule has 4 rings (SSSR count). The van der Waals surface area contributed by atoms with Crippen molar-refractivity contribution in [2.24, 2.45) is 0 Å². The van der Waals surface area contributed by atoms with Crippen molar-refractivity contribution in [3.05, 3.63) is 58.7 Å². The van der Waals surface area contributed by atoms with Crippen LogP contribution in [-0.2, 0) is 10.4 Å². The molecule has 2 aromatic carbocycles. The van der Waals surface area contributed by atoms with Gasteiger partial charge in [0.05, 0.1) is 31.3 Å². The van der Waals surface area contributed by atoms with Gasteiger partial charge in [-0.3, -0.25) is 4.79 Å². The van der Waals surface area contributed by atoms with Crippen molar-refractivity contribution in [1.82, 2.24) is 4.90 Å². The van der Waals surface area contributed by atoms with Gasteiger partial charge in [-0.1, -0.05) is 6.07 Å². The van der Waals surface area contributed by atoms with Crippen molar-refractivity contribution in [2.75, 3.05) is 33.4 Å². The third kappa shape index (κ3) is 3.98. The van der Waals surface area contributed by atoms with Crippen molar-refractivity contribution >= 4 is 5.91 Å². The molecule has 2 aliphatic rings. The maximum atomic E-state index is 15.8. The summed E-state index contributed by atoms with van der Waals surface area (Å²) in [5.41, 5.74) is -1.46. The second kappa shape index (κ2) is 8.71. The van der Waals surface area contributed by atoms with E-state index in [2.05, 4.69) is 0 Å². The topological polar surface area (TPSA) is 71.8 Å². The Bertz CT molecular complexity index is 1070. The second-order valence-electron chi connectivity index (χ2n) is 7.78. The van der Waals surface area contributed by atoms with Crippen molar-refractivity contribution in [1.29, 1.82) is 5.26 Å². The molecule has 2 saturated heterocycles. The first-order valence-electron chi connectivity index (χ1n) is 10.2. The third-order valence-corrected chi connectivity index (χ3v) is 5.79. The number of nitriles is 1. The Morgan fingerprint density at radius 1 is 1.19 bits per heavy atom. The number of alkyl halides is 1. The fourth-order valence-corrected chi connectivity index (χ4v) is 4.01. The van der Waals surface area contributed by atoms with E-state index < -0.39 is 29.3 Å². The van der Waals surface area contributed by atoms with Crippen LogP contribution in [0.5, 0.6) is 11.5 Å². The lowest BCUT2D eigenvalue weighted by Crippen LogP contribution is -2.56. The summed E-state index contributed by atoms with van der Waals surface area (Å²) < 4.78 is 58.5. The Hall–Kier alpha value is -3.25. The number of carbonyl (C=O) groups excluding carboxylic acids is 1. The fourth-order valence-electron chi connectivity index (χ4n) is 4.01. The molecule has 0 aromatic heterocycles. The number of likely N-dealkylation sites (tertiary alicyclic amines) is 1. The van der Waals surface area contributed by atoms with Crippen LogP contribution < -0.4 is 9.47 Å². The van der Waals surface area contributed by atoms with E-state index in [0.29, 0.717) is 0 Å². The standard InChI is InChI=1S/C23H21F3N2O4/c1-30-21-14(11-27)2-4-17(23(26)6-8-31-9-7-23)20(21)22(29)28-12-16(13-28)32-15-3-5-18(24)19(25)10-15/h2-5,10,16H,6-9,12-13H2,1H3. The number of halogens is 3. The first-order chi connectivity index (χ1) is 15.4. The lowest BCUT2D eigenvalue weighted by Gasteiger charge is -2.40. The van der Waals surface area contributed by atoms with Crippen LogP contribution in [-0.4, -0.2) is 50.3 Å². The summed E-state index contributed by atoms with van der Waals surface area (Å²) in [4.78, 5) is 14.8. The van der Waals surface area contributed by atoms with Crippen LogP contribution in [0.25, 0.3) is 0 Å². The number of methoxy groups -OCH3 is 1. The Labute approximate surface area is 183 Å². The Morgan fingerprint density at radius 3 is 2.53 bits per heavy atom. The third-order valence-electron chi connectivity index (χ3n) is 5.79. The molecule has 0 spiro atoms. The Kier molecular flexibility index (Phi) is 5.98. The molecular weight excluding hydrogens is 425 g/mol. The highest BCUT2D eigenvalue weighted by Gasteiger charge is 2.42. The minimum Gasteiger partial charge on any atom is -0.495 e. The largest absolute Gasteiger partial charge is 0.495 e. The van der Waals surface area contributed by atoms with Crippen LogP contribution in [0, 0.1) is 23.0 Å². The summed E-state index contributed by atoms with van der Waals surface area (Å²) in [7, 11) is 1.33. The van der Waals surface area contributed by atoms with Gasteiger partial charge in [0.25, 0.3) is 5.91 Å². The van der Waals surface area contributed by atoms with Gasteiger partial charge in [-0.05, 0) is 18.2 Å². The highest BCUT2D eigenvalue weighted by atomic mass is 19.2. The van der Waals surface area contributed by atoms with Gasteiger partial charge in [-0.25, -0.2) is 13.2 Å². The predicted molar refractivity (Wildman–Crippen MR) is 107 cm³/mol. The molecule has 9 heteroatoms. The first-order valence-corrected chi connectivity index (χ1v) is 10.2. The highest BCUT2D eigenvalue weighted by molar-refractivity contribution is 6.00.